The van der Waals surface area contributed by atoms with Crippen molar-refractivity contribution in [3.63, 3.8) is 0 Å². The van der Waals surface area contributed by atoms with Gasteiger partial charge < -0.3 is 25.7 Å². The summed E-state index contributed by atoms with van der Waals surface area (Å²) in [6, 6.07) is 24.6. The Balaban J connectivity index is 1.20. The number of hydrogen-bond donors (Lipinski definition) is 4. The van der Waals surface area contributed by atoms with E-state index >= 15 is 0 Å². The molecular formula is C37H40N4O6. The summed E-state index contributed by atoms with van der Waals surface area (Å²) in [5.74, 6) is -1.41. The lowest BCUT2D eigenvalue weighted by atomic mass is 9.73. The zero-order chi connectivity index (χ0) is 32.7. The van der Waals surface area contributed by atoms with E-state index in [1.54, 1.807) is 0 Å². The van der Waals surface area contributed by atoms with E-state index in [9.17, 15) is 24.6 Å². The number of nitrogens with zero attached hydrogens (tertiary/aromatic N) is 2. The van der Waals surface area contributed by atoms with Gasteiger partial charge in [0.05, 0.1) is 24.2 Å². The van der Waals surface area contributed by atoms with Crippen LogP contribution in [0.4, 0.5) is 4.79 Å². The first-order valence-electron chi connectivity index (χ1n) is 16.6. The van der Waals surface area contributed by atoms with E-state index in [1.165, 1.54) is 22.3 Å². The van der Waals surface area contributed by atoms with Crippen LogP contribution in [0.15, 0.2) is 84.0 Å². The number of rotatable bonds is 10. The number of likely N-dealkylation sites (tertiary alicyclic amines) is 1. The van der Waals surface area contributed by atoms with Gasteiger partial charge in [-0.25, -0.2) is 4.79 Å². The van der Waals surface area contributed by atoms with Crippen molar-refractivity contribution in [2.45, 2.75) is 81.2 Å². The number of aliphatic hydroxyl groups excluding tert-OH is 1. The molecule has 7 rings (SSSR count). The van der Waals surface area contributed by atoms with Gasteiger partial charge in [-0.2, -0.15) is 0 Å². The Hall–Kier alpha value is -4.70. The van der Waals surface area contributed by atoms with Crippen molar-refractivity contribution in [3.8, 4) is 11.1 Å². The maximum atomic E-state index is 13.9. The summed E-state index contributed by atoms with van der Waals surface area (Å²) < 4.78 is 0. The van der Waals surface area contributed by atoms with Crippen molar-refractivity contribution in [1.29, 1.82) is 0 Å². The predicted octanol–water partition coefficient (Wildman–Crippen LogP) is 4.66. The summed E-state index contributed by atoms with van der Waals surface area (Å²) in [4.78, 5) is 46.8. The van der Waals surface area contributed by atoms with Crippen molar-refractivity contribution in [1.82, 2.24) is 15.5 Å². The van der Waals surface area contributed by atoms with Crippen molar-refractivity contribution >= 4 is 23.6 Å². The first-order valence-corrected chi connectivity index (χ1v) is 16.6. The molecule has 2 heterocycles. The van der Waals surface area contributed by atoms with Gasteiger partial charge in [0.15, 0.2) is 11.7 Å². The Bertz CT molecular complexity index is 1660. The topological polar surface area (TPSA) is 141 Å². The minimum absolute atomic E-state index is 0.0140. The van der Waals surface area contributed by atoms with E-state index in [0.29, 0.717) is 19.3 Å². The summed E-state index contributed by atoms with van der Waals surface area (Å²) in [7, 11) is 0. The Kier molecular flexibility index (Phi) is 8.21. The smallest absolute Gasteiger partial charge is 0.408 e. The fraction of sp³-hybridized carbons (Fsp3) is 0.405. The molecule has 0 bridgehead atoms. The molecule has 1 saturated carbocycles. The molecule has 3 aromatic rings. The monoisotopic (exact) mass is 636 g/mol. The van der Waals surface area contributed by atoms with E-state index in [2.05, 4.69) is 40.1 Å². The number of hydrogen-bond acceptors (Lipinski definition) is 6. The largest absolute Gasteiger partial charge is 0.465 e. The van der Waals surface area contributed by atoms with Gasteiger partial charge in [0.25, 0.3) is 5.91 Å². The van der Waals surface area contributed by atoms with E-state index in [1.807, 2.05) is 61.5 Å². The minimum Gasteiger partial charge on any atom is -0.465 e. The van der Waals surface area contributed by atoms with Gasteiger partial charge in [0.1, 0.15) is 6.04 Å². The molecule has 4 unspecified atom stereocenters. The van der Waals surface area contributed by atoms with E-state index in [-0.39, 0.29) is 30.8 Å². The molecule has 4 N–H and O–H groups in total. The van der Waals surface area contributed by atoms with Crippen molar-refractivity contribution in [2.24, 2.45) is 11.1 Å². The van der Waals surface area contributed by atoms with Gasteiger partial charge in [-0.1, -0.05) is 97.4 Å². The second-order valence-electron chi connectivity index (χ2n) is 13.3. The minimum atomic E-state index is -1.45. The summed E-state index contributed by atoms with van der Waals surface area (Å²) in [6.07, 6.45) is 0.695. The molecule has 1 saturated heterocycles. The van der Waals surface area contributed by atoms with Crippen LogP contribution in [0.25, 0.3) is 11.1 Å². The Morgan fingerprint density at radius 2 is 1.62 bits per heavy atom. The summed E-state index contributed by atoms with van der Waals surface area (Å²) in [5, 5.41) is 31.5. The highest BCUT2D eigenvalue weighted by atomic mass is 16.7. The number of carbonyl (C=O) groups is 3. The highest BCUT2D eigenvalue weighted by Gasteiger charge is 2.60. The zero-order valence-corrected chi connectivity index (χ0v) is 26.3. The molecule has 2 aliphatic carbocycles. The Morgan fingerprint density at radius 1 is 0.979 bits per heavy atom. The van der Waals surface area contributed by atoms with Gasteiger partial charge in [0, 0.05) is 18.4 Å². The van der Waals surface area contributed by atoms with Gasteiger partial charge in [-0.15, -0.1) is 0 Å². The quantitative estimate of drug-likeness (QED) is 0.255. The lowest BCUT2D eigenvalue weighted by Crippen LogP contribution is -2.55. The van der Waals surface area contributed by atoms with Crippen LogP contribution in [0.2, 0.25) is 0 Å². The molecule has 0 radical (unpaired) electrons. The third kappa shape index (κ3) is 5.75. The Morgan fingerprint density at radius 3 is 2.23 bits per heavy atom. The molecule has 10 heteroatoms. The van der Waals surface area contributed by atoms with Crippen molar-refractivity contribution in [3.05, 3.63) is 95.6 Å². The Labute approximate surface area is 273 Å². The first kappa shape index (κ1) is 30.9. The van der Waals surface area contributed by atoms with Gasteiger partial charge >= 0.3 is 6.09 Å². The second-order valence-corrected chi connectivity index (χ2v) is 13.3. The van der Waals surface area contributed by atoms with Crippen LogP contribution in [0.3, 0.4) is 0 Å². The molecule has 0 aromatic heterocycles. The summed E-state index contributed by atoms with van der Waals surface area (Å²) in [6.45, 7) is 1.85. The maximum absolute atomic E-state index is 13.9. The van der Waals surface area contributed by atoms with Gasteiger partial charge in [-0.05, 0) is 53.5 Å². The van der Waals surface area contributed by atoms with E-state index in [0.717, 1.165) is 29.0 Å². The average molecular weight is 637 g/mol. The van der Waals surface area contributed by atoms with Crippen molar-refractivity contribution in [2.75, 3.05) is 6.54 Å². The summed E-state index contributed by atoms with van der Waals surface area (Å²) >= 11 is 0. The van der Waals surface area contributed by atoms with Crippen LogP contribution in [-0.2, 0) is 14.4 Å². The first-order chi connectivity index (χ1) is 22.8. The van der Waals surface area contributed by atoms with Crippen LogP contribution in [0.1, 0.15) is 68.1 Å². The molecule has 2 fully saturated rings. The van der Waals surface area contributed by atoms with Crippen LogP contribution in [-0.4, -0.2) is 75.1 Å². The fourth-order valence-corrected chi connectivity index (χ4v) is 7.71. The number of carbonyl (C=O) groups excluding carboxylic acids is 2. The molecule has 3 amide bonds. The molecular weight excluding hydrogens is 596 g/mol. The number of nitrogens with one attached hydrogen (secondary N) is 2. The molecule has 4 aliphatic rings. The van der Waals surface area contributed by atoms with Crippen LogP contribution in [0, 0.1) is 5.92 Å². The highest BCUT2D eigenvalue weighted by molar-refractivity contribution is 6.04. The number of amides is 3. The fourth-order valence-electron chi connectivity index (χ4n) is 7.71. The SMILES string of the molecule is CCC[C@H](NC(=O)C1CC2(CN1C(=O)O)ON=C(c1ccccc1)C2CC1c2ccccc2-c2ccccc21)C(O)C(=O)NC1CC1. The molecule has 1 spiro atoms. The number of carboxylic acid groups (broad SMARTS) is 1. The second kappa shape index (κ2) is 12.5. The van der Waals surface area contributed by atoms with E-state index in [4.69, 9.17) is 4.84 Å². The number of benzene rings is 3. The third-order valence-corrected chi connectivity index (χ3v) is 10.2. The van der Waals surface area contributed by atoms with Crippen LogP contribution < -0.4 is 10.6 Å². The molecule has 47 heavy (non-hydrogen) atoms. The maximum Gasteiger partial charge on any atom is 0.408 e. The average Bonchev–Trinajstić information content (AvgIpc) is 3.59. The number of oxime groups is 1. The molecule has 2 aliphatic heterocycles. The highest BCUT2D eigenvalue weighted by Crippen LogP contribution is 2.52. The van der Waals surface area contributed by atoms with Crippen LogP contribution >= 0.6 is 0 Å². The lowest BCUT2D eigenvalue weighted by molar-refractivity contribution is -0.133. The zero-order valence-electron chi connectivity index (χ0n) is 26.3. The standard InChI is InChI=1S/C37H40N4O6/c1-2-10-30(33(42)35(44)38-23-17-18-23)39-34(43)31-20-37(21-41(31)36(45)46)29(32(40-47-37)22-11-4-3-5-12-22)19-28-26-15-8-6-13-24(26)25-14-7-9-16-27(25)28/h3-9,11-16,23,28-31,33,42H,2,10,17-21H2,1H3,(H,38,44)(H,39,43)(H,45,46)/t29?,30-,31?,33?,37?/m0/s1. The normalized spacial score (nSPS) is 24.2. The summed E-state index contributed by atoms with van der Waals surface area (Å²) in [5.41, 5.74) is 5.28. The lowest BCUT2D eigenvalue weighted by Gasteiger charge is -2.31. The number of aliphatic hydroxyl groups is 1. The van der Waals surface area contributed by atoms with Gasteiger partial charge in [-0.3, -0.25) is 14.5 Å². The molecule has 3 aromatic carbocycles. The molecule has 5 atom stereocenters. The van der Waals surface area contributed by atoms with Gasteiger partial charge in [0.2, 0.25) is 5.91 Å². The van der Waals surface area contributed by atoms with Crippen LogP contribution in [0.5, 0.6) is 0 Å². The number of fused-ring (bicyclic) bond motifs is 3. The van der Waals surface area contributed by atoms with E-state index < -0.39 is 41.7 Å². The molecule has 10 nitrogen and oxygen atoms in total. The molecule has 244 valence electrons. The predicted molar refractivity (Wildman–Crippen MR) is 176 cm³/mol. The third-order valence-electron chi connectivity index (χ3n) is 10.2. The van der Waals surface area contributed by atoms with Crippen molar-refractivity contribution < 1.29 is 29.4 Å².